The second-order valence-corrected chi connectivity index (χ2v) is 7.77. The van der Waals surface area contributed by atoms with Crippen LogP contribution in [0.4, 0.5) is 4.79 Å². The molecule has 0 aromatic heterocycles. The molecule has 4 atom stereocenters. The fourth-order valence-corrected chi connectivity index (χ4v) is 4.38. The Morgan fingerprint density at radius 3 is 2.43 bits per heavy atom. The van der Waals surface area contributed by atoms with E-state index in [-0.39, 0.29) is 36.9 Å². The summed E-state index contributed by atoms with van der Waals surface area (Å²) in [4.78, 5) is 26.7. The summed E-state index contributed by atoms with van der Waals surface area (Å²) >= 11 is 0. The van der Waals surface area contributed by atoms with Gasteiger partial charge in [-0.1, -0.05) is 42.5 Å². The molecule has 2 fully saturated rings. The van der Waals surface area contributed by atoms with Crippen LogP contribution in [0.3, 0.4) is 0 Å². The van der Waals surface area contributed by atoms with Gasteiger partial charge < -0.3 is 14.2 Å². The number of piperidine rings is 1. The summed E-state index contributed by atoms with van der Waals surface area (Å²) in [5.41, 5.74) is 2.41. The van der Waals surface area contributed by atoms with Gasteiger partial charge >= 0.3 is 12.1 Å². The van der Waals surface area contributed by atoms with Crippen LogP contribution < -0.4 is 0 Å². The molecule has 1 heterocycles. The lowest BCUT2D eigenvalue weighted by atomic mass is 9.92. The third-order valence-corrected chi connectivity index (χ3v) is 5.94. The zero-order valence-electron chi connectivity index (χ0n) is 17.3. The van der Waals surface area contributed by atoms with Gasteiger partial charge in [0.15, 0.2) is 0 Å². The van der Waals surface area contributed by atoms with E-state index in [1.807, 2.05) is 54.3 Å². The summed E-state index contributed by atoms with van der Waals surface area (Å²) in [6.07, 6.45) is 1.47. The molecule has 0 bridgehead atoms. The number of rotatable bonds is 6. The van der Waals surface area contributed by atoms with Gasteiger partial charge in [0.1, 0.15) is 6.61 Å². The summed E-state index contributed by atoms with van der Waals surface area (Å²) in [7, 11) is 1.36. The first-order valence-corrected chi connectivity index (χ1v) is 10.4. The van der Waals surface area contributed by atoms with Crippen molar-refractivity contribution in [1.82, 2.24) is 4.90 Å². The zero-order valence-corrected chi connectivity index (χ0v) is 17.3. The number of ether oxygens (including phenoxy) is 3. The molecule has 0 radical (unpaired) electrons. The molecule has 158 valence electrons. The topological polar surface area (TPSA) is 65.1 Å². The molecule has 1 saturated heterocycles. The molecule has 1 aliphatic heterocycles. The van der Waals surface area contributed by atoms with E-state index in [2.05, 4.69) is 0 Å². The van der Waals surface area contributed by atoms with Gasteiger partial charge in [0, 0.05) is 18.6 Å². The monoisotopic (exact) mass is 409 g/mol. The summed E-state index contributed by atoms with van der Waals surface area (Å²) in [6.45, 7) is 2.90. The van der Waals surface area contributed by atoms with Crippen LogP contribution in [0.1, 0.15) is 47.3 Å². The van der Waals surface area contributed by atoms with E-state index in [0.717, 1.165) is 17.5 Å². The second kappa shape index (κ2) is 8.88. The van der Waals surface area contributed by atoms with Crippen LogP contribution in [0, 0.1) is 5.92 Å². The molecule has 2 aromatic rings. The van der Waals surface area contributed by atoms with Gasteiger partial charge in [-0.05, 0) is 43.0 Å². The van der Waals surface area contributed by atoms with Crippen molar-refractivity contribution in [3.63, 3.8) is 0 Å². The zero-order chi connectivity index (χ0) is 21.1. The number of esters is 1. The molecule has 6 nitrogen and oxygen atoms in total. The van der Waals surface area contributed by atoms with Gasteiger partial charge in [-0.25, -0.2) is 9.59 Å². The summed E-state index contributed by atoms with van der Waals surface area (Å²) in [6, 6.07) is 16.9. The largest absolute Gasteiger partial charge is 0.465 e. The molecule has 6 heteroatoms. The number of methoxy groups -OCH3 is 1. The minimum atomic E-state index is -0.376. The van der Waals surface area contributed by atoms with Gasteiger partial charge in [0.25, 0.3) is 0 Å². The maximum atomic E-state index is 13.1. The minimum Gasteiger partial charge on any atom is -0.465 e. The van der Waals surface area contributed by atoms with Crippen molar-refractivity contribution < 1.29 is 23.8 Å². The first-order valence-electron chi connectivity index (χ1n) is 10.4. The van der Waals surface area contributed by atoms with E-state index in [1.54, 1.807) is 12.1 Å². The van der Waals surface area contributed by atoms with Crippen molar-refractivity contribution in [2.45, 2.75) is 44.6 Å². The van der Waals surface area contributed by atoms with Crippen molar-refractivity contribution in [2.75, 3.05) is 13.7 Å². The van der Waals surface area contributed by atoms with Crippen LogP contribution in [0.2, 0.25) is 0 Å². The van der Waals surface area contributed by atoms with Gasteiger partial charge in [-0.15, -0.1) is 0 Å². The van der Waals surface area contributed by atoms with Crippen LogP contribution in [0.15, 0.2) is 54.6 Å². The Morgan fingerprint density at radius 2 is 1.77 bits per heavy atom. The lowest BCUT2D eigenvalue weighted by Gasteiger charge is -2.38. The number of fused-ring (bicyclic) bond motifs is 1. The number of hydrogen-bond acceptors (Lipinski definition) is 5. The van der Waals surface area contributed by atoms with Crippen molar-refractivity contribution in [3.05, 3.63) is 71.3 Å². The molecule has 0 N–H and O–H groups in total. The molecule has 2 aliphatic rings. The number of carbonyl (C=O) groups is 2. The van der Waals surface area contributed by atoms with Gasteiger partial charge in [-0.2, -0.15) is 0 Å². The fourth-order valence-electron chi connectivity index (χ4n) is 4.38. The average molecular weight is 409 g/mol. The van der Waals surface area contributed by atoms with E-state index in [9.17, 15) is 9.59 Å². The highest BCUT2D eigenvalue weighted by Gasteiger charge is 2.56. The lowest BCUT2D eigenvalue weighted by molar-refractivity contribution is -0.0180. The number of amides is 1. The van der Waals surface area contributed by atoms with Crippen LogP contribution in [0.25, 0.3) is 0 Å². The minimum absolute atomic E-state index is 0.128. The quantitative estimate of drug-likeness (QED) is 0.664. The number of hydrogen-bond donors (Lipinski definition) is 0. The van der Waals surface area contributed by atoms with Gasteiger partial charge in [-0.3, -0.25) is 4.90 Å². The molecule has 2 aromatic carbocycles. The smallest absolute Gasteiger partial charge is 0.410 e. The average Bonchev–Trinajstić information content (AvgIpc) is 3.59. The van der Waals surface area contributed by atoms with Crippen molar-refractivity contribution >= 4 is 12.1 Å². The summed E-state index contributed by atoms with van der Waals surface area (Å²) in [5.74, 6) is -0.0152. The highest BCUT2D eigenvalue weighted by atomic mass is 16.6. The molecule has 1 saturated carbocycles. The Hall–Kier alpha value is -2.86. The SMILES string of the molecule is CCOC1CC(c2ccc(C(=O)OC)cc2)N(C(=O)OCc2ccccc2)C2CC12. The van der Waals surface area contributed by atoms with Crippen LogP contribution >= 0.6 is 0 Å². The molecule has 4 unspecified atom stereocenters. The maximum Gasteiger partial charge on any atom is 0.410 e. The van der Waals surface area contributed by atoms with Crippen LogP contribution in [-0.2, 0) is 20.8 Å². The predicted molar refractivity (Wildman–Crippen MR) is 111 cm³/mol. The van der Waals surface area contributed by atoms with E-state index in [0.29, 0.717) is 24.5 Å². The first-order chi connectivity index (χ1) is 14.6. The highest BCUT2D eigenvalue weighted by Crippen LogP contribution is 2.51. The lowest BCUT2D eigenvalue weighted by Crippen LogP contribution is -2.44. The van der Waals surface area contributed by atoms with Gasteiger partial charge in [0.2, 0.25) is 0 Å². The second-order valence-electron chi connectivity index (χ2n) is 7.77. The highest BCUT2D eigenvalue weighted by molar-refractivity contribution is 5.89. The fraction of sp³-hybridized carbons (Fsp3) is 0.417. The Labute approximate surface area is 176 Å². The molecular formula is C24H27NO5. The third kappa shape index (κ3) is 4.19. The van der Waals surface area contributed by atoms with E-state index < -0.39 is 0 Å². The predicted octanol–water partition coefficient (Wildman–Crippen LogP) is 4.35. The number of carbonyl (C=O) groups excluding carboxylic acids is 2. The maximum absolute atomic E-state index is 13.1. The van der Waals surface area contributed by atoms with Crippen molar-refractivity contribution in [1.29, 1.82) is 0 Å². The van der Waals surface area contributed by atoms with Crippen LogP contribution in [-0.4, -0.2) is 42.8 Å². The summed E-state index contributed by atoms with van der Waals surface area (Å²) < 4.78 is 16.4. The molecule has 4 rings (SSSR count). The Bertz CT molecular complexity index is 882. The molecule has 1 aliphatic carbocycles. The molecule has 1 amide bonds. The van der Waals surface area contributed by atoms with E-state index in [4.69, 9.17) is 14.2 Å². The number of likely N-dealkylation sites (tertiary alicyclic amines) is 1. The van der Waals surface area contributed by atoms with E-state index in [1.165, 1.54) is 7.11 Å². The van der Waals surface area contributed by atoms with E-state index >= 15 is 0 Å². The van der Waals surface area contributed by atoms with Crippen LogP contribution in [0.5, 0.6) is 0 Å². The third-order valence-electron chi connectivity index (χ3n) is 5.94. The van der Waals surface area contributed by atoms with Gasteiger partial charge in [0.05, 0.1) is 24.8 Å². The Kier molecular flexibility index (Phi) is 6.04. The van der Waals surface area contributed by atoms with Crippen molar-refractivity contribution in [2.24, 2.45) is 5.92 Å². The number of nitrogens with zero attached hydrogens (tertiary/aromatic N) is 1. The standard InChI is InChI=1S/C24H27NO5/c1-3-29-22-14-20(17-9-11-18(12-10-17)23(26)28-2)25(21-13-19(21)22)24(27)30-15-16-7-5-4-6-8-16/h4-12,19-22H,3,13-15H2,1-2H3. The Morgan fingerprint density at radius 1 is 1.03 bits per heavy atom. The molecule has 30 heavy (non-hydrogen) atoms. The molecule has 0 spiro atoms. The first kappa shape index (κ1) is 20.4. The summed E-state index contributed by atoms with van der Waals surface area (Å²) in [5, 5.41) is 0. The normalized spacial score (nSPS) is 24.7. The van der Waals surface area contributed by atoms with Crippen molar-refractivity contribution in [3.8, 4) is 0 Å². The molecular weight excluding hydrogens is 382 g/mol. The number of benzene rings is 2. The Balaban J connectivity index is 1.54.